The van der Waals surface area contributed by atoms with Crippen LogP contribution >= 0.6 is 35.3 Å². The molecule has 2 heterocycles. The van der Waals surface area contributed by atoms with E-state index in [1.807, 2.05) is 34.0 Å². The highest BCUT2D eigenvalue weighted by Crippen LogP contribution is 2.23. The number of rotatable bonds is 5. The molecule has 0 bridgehead atoms. The maximum atomic E-state index is 5.46. The number of pyridine rings is 1. The van der Waals surface area contributed by atoms with Crippen molar-refractivity contribution in [1.82, 2.24) is 20.2 Å². The third-order valence-corrected chi connectivity index (χ3v) is 4.63. The molecule has 0 radical (unpaired) electrons. The summed E-state index contributed by atoms with van der Waals surface area (Å²) in [6.07, 6.45) is 1.84. The summed E-state index contributed by atoms with van der Waals surface area (Å²) in [6, 6.07) is 0. The molecular formula is C17H26IN5OS. The van der Waals surface area contributed by atoms with Crippen LogP contribution in [0.5, 0.6) is 5.75 Å². The summed E-state index contributed by atoms with van der Waals surface area (Å²) in [5.41, 5.74) is 4.10. The van der Waals surface area contributed by atoms with E-state index in [1.54, 1.807) is 25.5 Å². The molecule has 2 aromatic heterocycles. The van der Waals surface area contributed by atoms with Crippen molar-refractivity contribution in [2.24, 2.45) is 4.99 Å². The van der Waals surface area contributed by atoms with Crippen LogP contribution in [0.1, 0.15) is 27.5 Å². The summed E-state index contributed by atoms with van der Waals surface area (Å²) in [6.45, 7) is 7.35. The van der Waals surface area contributed by atoms with Crippen LogP contribution in [-0.2, 0) is 13.1 Å². The topological polar surface area (TPSA) is 62.6 Å². The number of thiazole rings is 1. The van der Waals surface area contributed by atoms with Crippen molar-refractivity contribution in [3.05, 3.63) is 39.1 Å². The van der Waals surface area contributed by atoms with Gasteiger partial charge in [-0.2, -0.15) is 0 Å². The molecule has 0 aliphatic rings. The van der Waals surface area contributed by atoms with Crippen LogP contribution < -0.4 is 10.1 Å². The van der Waals surface area contributed by atoms with E-state index >= 15 is 0 Å². The minimum absolute atomic E-state index is 0. The van der Waals surface area contributed by atoms with Crippen LogP contribution in [-0.4, -0.2) is 42.0 Å². The Kier molecular flexibility index (Phi) is 8.57. The number of aliphatic imine (C=N–C) groups is 1. The Morgan fingerprint density at radius 1 is 1.36 bits per heavy atom. The quantitative estimate of drug-likeness (QED) is 0.409. The molecule has 25 heavy (non-hydrogen) atoms. The predicted molar refractivity (Wildman–Crippen MR) is 114 cm³/mol. The van der Waals surface area contributed by atoms with Gasteiger partial charge in [-0.1, -0.05) is 0 Å². The SMILES string of the molecule is CN=C(NCc1ncc(C)c(OC)c1C)N(C)Cc1csc(C)n1.I. The molecule has 0 aliphatic heterocycles. The van der Waals surface area contributed by atoms with E-state index in [9.17, 15) is 0 Å². The summed E-state index contributed by atoms with van der Waals surface area (Å²) in [5.74, 6) is 1.70. The molecular weight excluding hydrogens is 449 g/mol. The van der Waals surface area contributed by atoms with E-state index in [0.29, 0.717) is 13.1 Å². The van der Waals surface area contributed by atoms with Gasteiger partial charge in [-0.15, -0.1) is 35.3 Å². The lowest BCUT2D eigenvalue weighted by molar-refractivity contribution is 0.406. The molecule has 0 fully saturated rings. The first-order valence-corrected chi connectivity index (χ1v) is 8.66. The number of hydrogen-bond donors (Lipinski definition) is 1. The van der Waals surface area contributed by atoms with Crippen molar-refractivity contribution in [2.45, 2.75) is 33.9 Å². The first-order chi connectivity index (χ1) is 11.5. The maximum absolute atomic E-state index is 5.46. The Balaban J connectivity index is 0.00000312. The van der Waals surface area contributed by atoms with E-state index in [2.05, 4.69) is 30.6 Å². The van der Waals surface area contributed by atoms with Gasteiger partial charge in [0.1, 0.15) is 5.75 Å². The summed E-state index contributed by atoms with van der Waals surface area (Å²) in [5, 5.41) is 6.51. The Hall–Kier alpha value is -1.42. The smallest absolute Gasteiger partial charge is 0.194 e. The van der Waals surface area contributed by atoms with Gasteiger partial charge >= 0.3 is 0 Å². The molecule has 0 atom stereocenters. The van der Waals surface area contributed by atoms with Gasteiger partial charge < -0.3 is 15.0 Å². The van der Waals surface area contributed by atoms with Gasteiger partial charge in [-0.3, -0.25) is 9.98 Å². The number of aromatic nitrogens is 2. The average Bonchev–Trinajstić information content (AvgIpc) is 2.95. The fourth-order valence-corrected chi connectivity index (χ4v) is 3.20. The zero-order valence-electron chi connectivity index (χ0n) is 15.6. The van der Waals surface area contributed by atoms with Crippen LogP contribution in [0, 0.1) is 20.8 Å². The van der Waals surface area contributed by atoms with Crippen LogP contribution in [0.3, 0.4) is 0 Å². The van der Waals surface area contributed by atoms with E-state index in [4.69, 9.17) is 4.74 Å². The highest BCUT2D eigenvalue weighted by Gasteiger charge is 2.12. The number of nitrogens with one attached hydrogen (secondary N) is 1. The molecule has 0 aromatic carbocycles. The molecule has 1 N–H and O–H groups in total. The molecule has 0 aliphatic carbocycles. The van der Waals surface area contributed by atoms with Crippen molar-refractivity contribution in [2.75, 3.05) is 21.2 Å². The maximum Gasteiger partial charge on any atom is 0.194 e. The van der Waals surface area contributed by atoms with Gasteiger partial charge in [0.25, 0.3) is 0 Å². The van der Waals surface area contributed by atoms with Crippen molar-refractivity contribution < 1.29 is 4.74 Å². The van der Waals surface area contributed by atoms with Crippen molar-refractivity contribution in [3.8, 4) is 5.75 Å². The second-order valence-electron chi connectivity index (χ2n) is 5.66. The van der Waals surface area contributed by atoms with Gasteiger partial charge in [0.2, 0.25) is 0 Å². The third kappa shape index (κ3) is 5.53. The van der Waals surface area contributed by atoms with Crippen LogP contribution in [0.4, 0.5) is 0 Å². The highest BCUT2D eigenvalue weighted by molar-refractivity contribution is 14.0. The predicted octanol–water partition coefficient (Wildman–Crippen LogP) is 3.30. The van der Waals surface area contributed by atoms with Gasteiger partial charge in [-0.25, -0.2) is 4.98 Å². The molecule has 0 saturated heterocycles. The molecule has 2 rings (SSSR count). The lowest BCUT2D eigenvalue weighted by Crippen LogP contribution is -2.38. The number of nitrogens with zero attached hydrogens (tertiary/aromatic N) is 4. The zero-order chi connectivity index (χ0) is 17.7. The van der Waals surface area contributed by atoms with E-state index in [-0.39, 0.29) is 24.0 Å². The van der Waals surface area contributed by atoms with Crippen molar-refractivity contribution in [1.29, 1.82) is 0 Å². The molecule has 0 amide bonds. The number of methoxy groups -OCH3 is 1. The number of aryl methyl sites for hydroxylation is 2. The van der Waals surface area contributed by atoms with E-state index < -0.39 is 0 Å². The minimum Gasteiger partial charge on any atom is -0.496 e. The Bertz CT molecular complexity index is 732. The third-order valence-electron chi connectivity index (χ3n) is 3.80. The lowest BCUT2D eigenvalue weighted by Gasteiger charge is -2.21. The lowest BCUT2D eigenvalue weighted by atomic mass is 10.1. The number of halogens is 1. The van der Waals surface area contributed by atoms with Gasteiger partial charge in [0.05, 0.1) is 36.6 Å². The fraction of sp³-hybridized carbons (Fsp3) is 0.471. The Morgan fingerprint density at radius 2 is 2.08 bits per heavy atom. The largest absolute Gasteiger partial charge is 0.496 e. The minimum atomic E-state index is 0. The standard InChI is InChI=1S/C17H25N5OS.HI/c1-11-7-19-15(12(2)16(11)23-6)8-20-17(18-4)22(5)9-14-10-24-13(3)21-14;/h7,10H,8-9H2,1-6H3,(H,18,20);1H. The normalized spacial score (nSPS) is 11.0. The zero-order valence-corrected chi connectivity index (χ0v) is 18.7. The number of guanidine groups is 1. The Labute approximate surface area is 170 Å². The first-order valence-electron chi connectivity index (χ1n) is 7.78. The van der Waals surface area contributed by atoms with Gasteiger partial charge in [-0.05, 0) is 20.8 Å². The molecule has 138 valence electrons. The summed E-state index contributed by atoms with van der Waals surface area (Å²) < 4.78 is 5.46. The van der Waals surface area contributed by atoms with Crippen LogP contribution in [0.25, 0.3) is 0 Å². The second kappa shape index (κ2) is 9.91. The molecule has 0 spiro atoms. The fourth-order valence-electron chi connectivity index (χ4n) is 2.60. The van der Waals surface area contributed by atoms with Gasteiger partial charge in [0, 0.05) is 36.8 Å². The monoisotopic (exact) mass is 475 g/mol. The summed E-state index contributed by atoms with van der Waals surface area (Å²) in [7, 11) is 5.47. The van der Waals surface area contributed by atoms with Crippen LogP contribution in [0.2, 0.25) is 0 Å². The summed E-state index contributed by atoms with van der Waals surface area (Å²) >= 11 is 1.66. The Morgan fingerprint density at radius 3 is 2.64 bits per heavy atom. The molecule has 2 aromatic rings. The number of ether oxygens (including phenoxy) is 1. The number of hydrogen-bond acceptors (Lipinski definition) is 5. The van der Waals surface area contributed by atoms with Crippen LogP contribution in [0.15, 0.2) is 16.6 Å². The summed E-state index contributed by atoms with van der Waals surface area (Å²) in [4.78, 5) is 15.4. The van der Waals surface area contributed by atoms with E-state index in [1.165, 1.54) is 0 Å². The van der Waals surface area contributed by atoms with Gasteiger partial charge in [0.15, 0.2) is 5.96 Å². The molecule has 0 unspecified atom stereocenters. The van der Waals surface area contributed by atoms with Crippen molar-refractivity contribution in [3.63, 3.8) is 0 Å². The highest BCUT2D eigenvalue weighted by atomic mass is 127. The van der Waals surface area contributed by atoms with Crippen molar-refractivity contribution >= 4 is 41.3 Å². The van der Waals surface area contributed by atoms with E-state index in [0.717, 1.165) is 39.2 Å². The average molecular weight is 475 g/mol. The molecule has 0 saturated carbocycles. The molecule has 8 heteroatoms. The second-order valence-corrected chi connectivity index (χ2v) is 6.72. The molecule has 6 nitrogen and oxygen atoms in total. The first kappa shape index (κ1) is 21.6.